The predicted molar refractivity (Wildman–Crippen MR) is 80.5 cm³/mol. The number of nitrogens with two attached hydrogens (primary N) is 1. The molecule has 0 aliphatic carbocycles. The molecule has 1 aliphatic heterocycles. The molecule has 0 radical (unpaired) electrons. The molecule has 1 fully saturated rings. The van der Waals surface area contributed by atoms with Gasteiger partial charge in [0.15, 0.2) is 0 Å². The number of rotatable bonds is 3. The number of nitrogens with zero attached hydrogens (tertiary/aromatic N) is 1. The van der Waals surface area contributed by atoms with Crippen LogP contribution >= 0.6 is 15.9 Å². The second-order valence-electron chi connectivity index (χ2n) is 5.36. The van der Waals surface area contributed by atoms with Crippen LogP contribution in [0.1, 0.15) is 38.3 Å². The Balaban J connectivity index is 2.21. The third-order valence-electron chi connectivity index (χ3n) is 4.25. The van der Waals surface area contributed by atoms with Crippen LogP contribution in [0, 0.1) is 5.92 Å². The van der Waals surface area contributed by atoms with E-state index in [4.69, 9.17) is 5.73 Å². The summed E-state index contributed by atoms with van der Waals surface area (Å²) in [6, 6.07) is 9.46. The van der Waals surface area contributed by atoms with Crippen molar-refractivity contribution in [2.45, 2.75) is 38.8 Å². The van der Waals surface area contributed by atoms with E-state index in [1.54, 1.807) is 0 Å². The third kappa shape index (κ3) is 2.79. The normalized spacial score (nSPS) is 27.1. The Bertz CT molecular complexity index is 394. The highest BCUT2D eigenvalue weighted by Gasteiger charge is 2.31. The molecular formula is C15H23BrN2. The molecule has 0 saturated carbocycles. The van der Waals surface area contributed by atoms with Gasteiger partial charge in [0.2, 0.25) is 0 Å². The van der Waals surface area contributed by atoms with Crippen molar-refractivity contribution in [1.82, 2.24) is 4.90 Å². The first-order valence-corrected chi connectivity index (χ1v) is 7.64. The van der Waals surface area contributed by atoms with Crippen molar-refractivity contribution in [2.75, 3.05) is 13.1 Å². The summed E-state index contributed by atoms with van der Waals surface area (Å²) in [6.07, 6.45) is 2.59. The lowest BCUT2D eigenvalue weighted by Crippen LogP contribution is -2.49. The molecule has 0 bridgehead atoms. The van der Waals surface area contributed by atoms with Crippen LogP contribution in [0.2, 0.25) is 0 Å². The fourth-order valence-electron chi connectivity index (χ4n) is 3.12. The molecule has 18 heavy (non-hydrogen) atoms. The zero-order chi connectivity index (χ0) is 13.1. The quantitative estimate of drug-likeness (QED) is 0.924. The van der Waals surface area contributed by atoms with Crippen molar-refractivity contribution in [1.29, 1.82) is 0 Å². The average molecular weight is 311 g/mol. The van der Waals surface area contributed by atoms with Crippen LogP contribution in [-0.4, -0.2) is 24.0 Å². The van der Waals surface area contributed by atoms with Gasteiger partial charge in [0.25, 0.3) is 0 Å². The van der Waals surface area contributed by atoms with Gasteiger partial charge in [-0.3, -0.25) is 4.90 Å². The number of benzene rings is 1. The van der Waals surface area contributed by atoms with Gasteiger partial charge in [0, 0.05) is 23.1 Å². The fourth-order valence-corrected chi connectivity index (χ4v) is 3.74. The first-order chi connectivity index (χ1) is 8.65. The molecule has 100 valence electrons. The monoisotopic (exact) mass is 310 g/mol. The molecule has 0 aromatic heterocycles. The highest BCUT2D eigenvalue weighted by Crippen LogP contribution is 2.33. The van der Waals surface area contributed by atoms with E-state index < -0.39 is 0 Å². The first kappa shape index (κ1) is 14.0. The highest BCUT2D eigenvalue weighted by molar-refractivity contribution is 9.10. The summed E-state index contributed by atoms with van der Waals surface area (Å²) in [6.45, 7) is 6.54. The van der Waals surface area contributed by atoms with E-state index in [9.17, 15) is 0 Å². The van der Waals surface area contributed by atoms with Gasteiger partial charge in [-0.25, -0.2) is 0 Å². The standard InChI is InChI=1S/C15H23BrN2/c1-11-6-5-9-18(15(11)10-17)12(2)13-7-3-4-8-14(13)16/h3-4,7-8,11-12,15H,5-6,9-10,17H2,1-2H3. The van der Waals surface area contributed by atoms with Crippen LogP contribution in [-0.2, 0) is 0 Å². The molecular weight excluding hydrogens is 288 g/mol. The van der Waals surface area contributed by atoms with Crippen molar-refractivity contribution in [2.24, 2.45) is 11.7 Å². The Morgan fingerprint density at radius 1 is 1.44 bits per heavy atom. The maximum Gasteiger partial charge on any atom is 0.0334 e. The van der Waals surface area contributed by atoms with Crippen molar-refractivity contribution in [3.8, 4) is 0 Å². The molecule has 3 heteroatoms. The number of hydrogen-bond acceptors (Lipinski definition) is 2. The van der Waals surface area contributed by atoms with Crippen molar-refractivity contribution in [3.05, 3.63) is 34.3 Å². The molecule has 2 rings (SSSR count). The minimum atomic E-state index is 0.428. The molecule has 3 unspecified atom stereocenters. The summed E-state index contributed by atoms with van der Waals surface area (Å²) in [5.74, 6) is 0.702. The van der Waals surface area contributed by atoms with E-state index in [0.29, 0.717) is 18.0 Å². The van der Waals surface area contributed by atoms with Crippen LogP contribution in [0.15, 0.2) is 28.7 Å². The van der Waals surface area contributed by atoms with Gasteiger partial charge < -0.3 is 5.73 Å². The van der Waals surface area contributed by atoms with Gasteiger partial charge in [-0.2, -0.15) is 0 Å². The summed E-state index contributed by atoms with van der Waals surface area (Å²) < 4.78 is 1.20. The summed E-state index contributed by atoms with van der Waals surface area (Å²) in [4.78, 5) is 2.58. The van der Waals surface area contributed by atoms with Crippen molar-refractivity contribution < 1.29 is 0 Å². The van der Waals surface area contributed by atoms with E-state index in [-0.39, 0.29) is 0 Å². The van der Waals surface area contributed by atoms with Gasteiger partial charge in [-0.1, -0.05) is 41.1 Å². The predicted octanol–water partition coefficient (Wildman–Crippen LogP) is 3.57. The molecule has 1 saturated heterocycles. The van der Waals surface area contributed by atoms with Crippen molar-refractivity contribution >= 4 is 15.9 Å². The SMILES string of the molecule is CC1CCCN(C(C)c2ccccc2Br)C1CN. The molecule has 1 aromatic carbocycles. The molecule has 1 heterocycles. The largest absolute Gasteiger partial charge is 0.329 e. The first-order valence-electron chi connectivity index (χ1n) is 6.85. The van der Waals surface area contributed by atoms with Gasteiger partial charge >= 0.3 is 0 Å². The molecule has 3 atom stereocenters. The van der Waals surface area contributed by atoms with Gasteiger partial charge in [-0.05, 0) is 43.9 Å². The Morgan fingerprint density at radius 3 is 2.83 bits per heavy atom. The summed E-state index contributed by atoms with van der Waals surface area (Å²) in [5, 5.41) is 0. The van der Waals surface area contributed by atoms with E-state index in [1.807, 2.05) is 0 Å². The maximum absolute atomic E-state index is 5.98. The molecule has 0 amide bonds. The van der Waals surface area contributed by atoms with Gasteiger partial charge in [0.1, 0.15) is 0 Å². The Morgan fingerprint density at radius 2 is 2.17 bits per heavy atom. The molecule has 2 N–H and O–H groups in total. The molecule has 0 spiro atoms. The average Bonchev–Trinajstić information content (AvgIpc) is 2.38. The van der Waals surface area contributed by atoms with E-state index in [1.165, 1.54) is 22.9 Å². The van der Waals surface area contributed by atoms with Crippen LogP contribution in [0.4, 0.5) is 0 Å². The second kappa shape index (κ2) is 6.18. The van der Waals surface area contributed by atoms with E-state index in [2.05, 4.69) is 58.9 Å². The van der Waals surface area contributed by atoms with Crippen LogP contribution in [0.5, 0.6) is 0 Å². The van der Waals surface area contributed by atoms with Gasteiger partial charge in [0.05, 0.1) is 0 Å². The lowest BCUT2D eigenvalue weighted by molar-refractivity contribution is 0.0687. The fraction of sp³-hybridized carbons (Fsp3) is 0.600. The summed E-state index contributed by atoms with van der Waals surface area (Å²) in [5.41, 5.74) is 7.35. The number of hydrogen-bond donors (Lipinski definition) is 1. The number of piperidine rings is 1. The molecule has 1 aliphatic rings. The van der Waals surface area contributed by atoms with E-state index in [0.717, 1.165) is 13.1 Å². The maximum atomic E-state index is 5.98. The Hall–Kier alpha value is -0.380. The summed E-state index contributed by atoms with van der Waals surface area (Å²) in [7, 11) is 0. The zero-order valence-electron chi connectivity index (χ0n) is 11.3. The molecule has 1 aromatic rings. The number of likely N-dealkylation sites (tertiary alicyclic amines) is 1. The third-order valence-corrected chi connectivity index (χ3v) is 4.98. The zero-order valence-corrected chi connectivity index (χ0v) is 12.9. The lowest BCUT2D eigenvalue weighted by atomic mass is 9.88. The van der Waals surface area contributed by atoms with Crippen LogP contribution < -0.4 is 5.73 Å². The Kier molecular flexibility index (Phi) is 4.82. The minimum absolute atomic E-state index is 0.428. The van der Waals surface area contributed by atoms with Crippen molar-refractivity contribution in [3.63, 3.8) is 0 Å². The molecule has 2 nitrogen and oxygen atoms in total. The summed E-state index contributed by atoms with van der Waals surface area (Å²) >= 11 is 3.66. The minimum Gasteiger partial charge on any atom is -0.329 e. The number of halogens is 1. The highest BCUT2D eigenvalue weighted by atomic mass is 79.9. The Labute approximate surface area is 119 Å². The van der Waals surface area contributed by atoms with Crippen LogP contribution in [0.25, 0.3) is 0 Å². The smallest absolute Gasteiger partial charge is 0.0334 e. The van der Waals surface area contributed by atoms with E-state index >= 15 is 0 Å². The van der Waals surface area contributed by atoms with Gasteiger partial charge in [-0.15, -0.1) is 0 Å². The van der Waals surface area contributed by atoms with Crippen LogP contribution in [0.3, 0.4) is 0 Å². The topological polar surface area (TPSA) is 29.3 Å². The second-order valence-corrected chi connectivity index (χ2v) is 6.21. The lowest BCUT2D eigenvalue weighted by Gasteiger charge is -2.43.